The minimum atomic E-state index is 0.851. The molecule has 0 N–H and O–H groups in total. The van der Waals surface area contributed by atoms with E-state index in [1.54, 1.807) is 19.0 Å². The second-order valence-electron chi connectivity index (χ2n) is 5.60. The van der Waals surface area contributed by atoms with Gasteiger partial charge < -0.3 is 4.74 Å². The van der Waals surface area contributed by atoms with E-state index in [1.807, 2.05) is 91.3 Å². The summed E-state index contributed by atoms with van der Waals surface area (Å²) in [6.07, 6.45) is 11.8. The quantitative estimate of drug-likeness (QED) is 0.638. The summed E-state index contributed by atoms with van der Waals surface area (Å²) in [6.45, 7) is 0. The van der Waals surface area contributed by atoms with E-state index in [2.05, 4.69) is 4.98 Å². The summed E-state index contributed by atoms with van der Waals surface area (Å²) in [6, 6.07) is 17.9. The fraction of sp³-hybridized carbons (Fsp3) is 0.0909. The Morgan fingerprint density at radius 3 is 1.85 bits per heavy atom. The number of aromatic nitrogens is 2. The van der Waals surface area contributed by atoms with Crippen molar-refractivity contribution in [2.24, 2.45) is 0 Å². The molecule has 130 valence electrons. The second-order valence-corrected chi connectivity index (χ2v) is 5.60. The highest BCUT2D eigenvalue weighted by atomic mass is 16.6. The van der Waals surface area contributed by atoms with Crippen LogP contribution in [-0.4, -0.2) is 19.2 Å². The molecule has 2 heterocycles. The first kappa shape index (κ1) is 17.4. The maximum atomic E-state index is 5.17. The molecule has 0 fully saturated rings. The van der Waals surface area contributed by atoms with Crippen molar-refractivity contribution in [2.75, 3.05) is 14.2 Å². The SMILES string of the molecule is COc1ccc(/C=C/c2cccc(/C=C/c3cc[n+](OC)cc3)n2)cc1. The zero-order valence-electron chi connectivity index (χ0n) is 14.9. The number of pyridine rings is 2. The minimum Gasteiger partial charge on any atom is -0.497 e. The van der Waals surface area contributed by atoms with Crippen molar-refractivity contribution in [3.63, 3.8) is 0 Å². The highest BCUT2D eigenvalue weighted by Gasteiger charge is 1.97. The Labute approximate surface area is 153 Å². The Hall–Kier alpha value is -3.40. The Balaban J connectivity index is 1.70. The van der Waals surface area contributed by atoms with E-state index in [9.17, 15) is 0 Å². The van der Waals surface area contributed by atoms with Crippen molar-refractivity contribution in [1.29, 1.82) is 0 Å². The first-order chi connectivity index (χ1) is 12.8. The molecular formula is C22H21N2O2+. The van der Waals surface area contributed by atoms with Crippen LogP contribution in [0.3, 0.4) is 0 Å². The number of hydrogen-bond acceptors (Lipinski definition) is 3. The van der Waals surface area contributed by atoms with E-state index in [0.717, 1.165) is 28.3 Å². The topological polar surface area (TPSA) is 35.2 Å². The van der Waals surface area contributed by atoms with E-state index >= 15 is 0 Å². The first-order valence-electron chi connectivity index (χ1n) is 8.30. The lowest BCUT2D eigenvalue weighted by Gasteiger charge is -2.00. The van der Waals surface area contributed by atoms with E-state index < -0.39 is 0 Å². The third-order valence-corrected chi connectivity index (χ3v) is 3.84. The molecule has 0 aliphatic heterocycles. The molecule has 26 heavy (non-hydrogen) atoms. The van der Waals surface area contributed by atoms with Gasteiger partial charge in [0.15, 0.2) is 0 Å². The molecule has 0 radical (unpaired) electrons. The number of benzene rings is 1. The van der Waals surface area contributed by atoms with Gasteiger partial charge in [-0.2, -0.15) is 0 Å². The van der Waals surface area contributed by atoms with Gasteiger partial charge in [0.1, 0.15) is 12.9 Å². The molecule has 0 saturated carbocycles. The van der Waals surface area contributed by atoms with Crippen LogP contribution in [0.5, 0.6) is 5.75 Å². The third kappa shape index (κ3) is 4.80. The predicted molar refractivity (Wildman–Crippen MR) is 104 cm³/mol. The van der Waals surface area contributed by atoms with Gasteiger partial charge in [0.25, 0.3) is 0 Å². The Morgan fingerprint density at radius 2 is 1.31 bits per heavy atom. The zero-order chi connectivity index (χ0) is 18.2. The average Bonchev–Trinajstić information content (AvgIpc) is 2.72. The lowest BCUT2D eigenvalue weighted by molar-refractivity contribution is -0.885. The average molecular weight is 345 g/mol. The molecule has 0 aliphatic carbocycles. The number of hydrogen-bond donors (Lipinski definition) is 0. The van der Waals surface area contributed by atoms with Crippen molar-refractivity contribution in [3.8, 4) is 5.75 Å². The Morgan fingerprint density at radius 1 is 0.731 bits per heavy atom. The summed E-state index contributed by atoms with van der Waals surface area (Å²) in [4.78, 5) is 9.73. The lowest BCUT2D eigenvalue weighted by Crippen LogP contribution is -2.39. The van der Waals surface area contributed by atoms with E-state index in [0.29, 0.717) is 0 Å². The molecule has 0 atom stereocenters. The number of ether oxygens (including phenoxy) is 1. The maximum absolute atomic E-state index is 5.17. The summed E-state index contributed by atoms with van der Waals surface area (Å²) in [5.74, 6) is 0.851. The van der Waals surface area contributed by atoms with Crippen molar-refractivity contribution < 1.29 is 14.3 Å². The van der Waals surface area contributed by atoms with Gasteiger partial charge in [-0.25, -0.2) is 4.98 Å². The molecule has 3 aromatic rings. The fourth-order valence-corrected chi connectivity index (χ4v) is 2.39. The second kappa shape index (κ2) is 8.62. The highest BCUT2D eigenvalue weighted by molar-refractivity contribution is 5.71. The molecule has 4 heteroatoms. The summed E-state index contributed by atoms with van der Waals surface area (Å²) >= 11 is 0. The van der Waals surface area contributed by atoms with Gasteiger partial charge in [0, 0.05) is 16.9 Å². The van der Waals surface area contributed by atoms with Gasteiger partial charge >= 0.3 is 0 Å². The monoisotopic (exact) mass is 345 g/mol. The summed E-state index contributed by atoms with van der Waals surface area (Å²) < 4.78 is 6.81. The van der Waals surface area contributed by atoms with Crippen LogP contribution in [0.15, 0.2) is 67.0 Å². The number of nitrogens with zero attached hydrogens (tertiary/aromatic N) is 2. The minimum absolute atomic E-state index is 0.851. The van der Waals surface area contributed by atoms with Gasteiger partial charge in [-0.3, -0.25) is 4.84 Å². The fourth-order valence-electron chi connectivity index (χ4n) is 2.39. The summed E-state index contributed by atoms with van der Waals surface area (Å²) in [5, 5.41) is 0. The zero-order valence-corrected chi connectivity index (χ0v) is 14.9. The van der Waals surface area contributed by atoms with Gasteiger partial charge in [-0.15, -0.1) is 0 Å². The first-order valence-corrected chi connectivity index (χ1v) is 8.30. The molecule has 0 bridgehead atoms. The third-order valence-electron chi connectivity index (χ3n) is 3.84. The predicted octanol–water partition coefficient (Wildman–Crippen LogP) is 3.78. The lowest BCUT2D eigenvalue weighted by atomic mass is 10.2. The standard InChI is InChI=1S/C22H21N2O2/c1-25-22-12-8-18(9-13-22)6-10-20-4-3-5-21(23-20)11-7-19-14-16-24(26-2)17-15-19/h3-17H,1-2H3/q+1/b10-6+,11-7+. The normalized spacial score (nSPS) is 11.2. The van der Waals surface area contributed by atoms with Crippen molar-refractivity contribution >= 4 is 24.3 Å². The van der Waals surface area contributed by atoms with Crippen LogP contribution in [0.4, 0.5) is 0 Å². The van der Waals surface area contributed by atoms with Crippen LogP contribution < -0.4 is 14.3 Å². The van der Waals surface area contributed by atoms with Crippen LogP contribution in [0.2, 0.25) is 0 Å². The van der Waals surface area contributed by atoms with Crippen LogP contribution in [-0.2, 0) is 0 Å². The number of methoxy groups -OCH3 is 1. The van der Waals surface area contributed by atoms with E-state index in [4.69, 9.17) is 9.57 Å². The molecule has 1 aromatic carbocycles. The molecule has 0 aliphatic rings. The highest BCUT2D eigenvalue weighted by Crippen LogP contribution is 2.14. The van der Waals surface area contributed by atoms with Gasteiger partial charge in [-0.05, 0) is 47.5 Å². The molecule has 2 aromatic heterocycles. The van der Waals surface area contributed by atoms with Gasteiger partial charge in [-0.1, -0.05) is 30.4 Å². The van der Waals surface area contributed by atoms with Crippen molar-refractivity contribution in [2.45, 2.75) is 0 Å². The Bertz CT molecular complexity index is 825. The van der Waals surface area contributed by atoms with Crippen LogP contribution in [0.1, 0.15) is 22.5 Å². The number of rotatable bonds is 6. The molecule has 0 amide bonds. The Kier molecular flexibility index (Phi) is 5.78. The summed E-state index contributed by atoms with van der Waals surface area (Å²) in [7, 11) is 3.29. The van der Waals surface area contributed by atoms with E-state index in [-0.39, 0.29) is 0 Å². The molecule has 0 unspecified atom stereocenters. The van der Waals surface area contributed by atoms with Crippen molar-refractivity contribution in [1.82, 2.24) is 4.98 Å². The van der Waals surface area contributed by atoms with Crippen LogP contribution >= 0.6 is 0 Å². The molecular weight excluding hydrogens is 324 g/mol. The van der Waals surface area contributed by atoms with Crippen molar-refractivity contribution in [3.05, 3.63) is 89.5 Å². The molecule has 4 nitrogen and oxygen atoms in total. The van der Waals surface area contributed by atoms with Gasteiger partial charge in [0.05, 0.1) is 18.5 Å². The molecule has 0 spiro atoms. The molecule has 3 rings (SSSR count). The van der Waals surface area contributed by atoms with E-state index in [1.165, 1.54) is 0 Å². The molecule has 0 saturated heterocycles. The van der Waals surface area contributed by atoms with Crippen LogP contribution in [0.25, 0.3) is 24.3 Å². The summed E-state index contributed by atoms with van der Waals surface area (Å²) in [5.41, 5.74) is 4.00. The smallest absolute Gasteiger partial charge is 0.223 e. The largest absolute Gasteiger partial charge is 0.497 e. The van der Waals surface area contributed by atoms with Crippen LogP contribution in [0, 0.1) is 0 Å². The van der Waals surface area contributed by atoms with Gasteiger partial charge in [0.2, 0.25) is 12.4 Å². The maximum Gasteiger partial charge on any atom is 0.223 e.